The summed E-state index contributed by atoms with van der Waals surface area (Å²) in [7, 11) is 0. The van der Waals surface area contributed by atoms with Gasteiger partial charge in [0.05, 0.1) is 6.67 Å². The number of rotatable bonds is 4. The zero-order valence-corrected chi connectivity index (χ0v) is 8.26. The van der Waals surface area contributed by atoms with Gasteiger partial charge in [-0.25, -0.2) is 5.43 Å². The Morgan fingerprint density at radius 2 is 2.25 bits per heavy atom. The molecule has 0 aliphatic carbocycles. The molecule has 0 saturated carbocycles. The molecule has 1 rings (SSSR count). The summed E-state index contributed by atoms with van der Waals surface area (Å²) < 4.78 is 1.10. The Hall–Kier alpha value is -0.420. The molecule has 0 aromatic heterocycles. The minimum atomic E-state index is 0.618. The summed E-state index contributed by atoms with van der Waals surface area (Å²) >= 11 is 3.40. The lowest BCUT2D eigenvalue weighted by Gasteiger charge is -2.03. The SMILES string of the molecule is NNCNCc1cccc(Br)c1. The summed E-state index contributed by atoms with van der Waals surface area (Å²) in [6.07, 6.45) is 0. The maximum atomic E-state index is 5.10. The van der Waals surface area contributed by atoms with Crippen molar-refractivity contribution in [3.05, 3.63) is 34.3 Å². The van der Waals surface area contributed by atoms with E-state index in [4.69, 9.17) is 5.84 Å². The van der Waals surface area contributed by atoms with E-state index in [1.165, 1.54) is 5.56 Å². The highest BCUT2D eigenvalue weighted by molar-refractivity contribution is 9.10. The van der Waals surface area contributed by atoms with Crippen molar-refractivity contribution < 1.29 is 0 Å². The smallest absolute Gasteiger partial charge is 0.0590 e. The summed E-state index contributed by atoms with van der Waals surface area (Å²) in [4.78, 5) is 0. The summed E-state index contributed by atoms with van der Waals surface area (Å²) in [5.74, 6) is 5.10. The van der Waals surface area contributed by atoms with Crippen LogP contribution in [0.4, 0.5) is 0 Å². The molecule has 0 saturated heterocycles. The van der Waals surface area contributed by atoms with Crippen LogP contribution in [0.2, 0.25) is 0 Å². The number of benzene rings is 1. The van der Waals surface area contributed by atoms with E-state index >= 15 is 0 Å². The molecule has 3 nitrogen and oxygen atoms in total. The number of halogens is 1. The second kappa shape index (κ2) is 5.27. The van der Waals surface area contributed by atoms with Gasteiger partial charge in [-0.2, -0.15) is 0 Å². The Kier molecular flexibility index (Phi) is 4.24. The number of hydrazine groups is 1. The average molecular weight is 230 g/mol. The monoisotopic (exact) mass is 229 g/mol. The third-order valence-corrected chi connectivity index (χ3v) is 1.94. The molecule has 0 aliphatic rings. The molecule has 0 radical (unpaired) electrons. The first-order valence-electron chi connectivity index (χ1n) is 3.71. The van der Waals surface area contributed by atoms with Crippen molar-refractivity contribution in [1.82, 2.24) is 10.7 Å². The van der Waals surface area contributed by atoms with E-state index in [1.807, 2.05) is 12.1 Å². The standard InChI is InChI=1S/C8H12BrN3/c9-8-3-1-2-7(4-8)5-11-6-12-10/h1-4,11-12H,5-6,10H2. The van der Waals surface area contributed by atoms with Crippen molar-refractivity contribution in [2.24, 2.45) is 5.84 Å². The maximum absolute atomic E-state index is 5.10. The third kappa shape index (κ3) is 3.32. The van der Waals surface area contributed by atoms with Crippen LogP contribution in [0.25, 0.3) is 0 Å². The van der Waals surface area contributed by atoms with Crippen molar-refractivity contribution in [3.8, 4) is 0 Å². The molecule has 66 valence electrons. The van der Waals surface area contributed by atoms with Gasteiger partial charge < -0.3 is 0 Å². The van der Waals surface area contributed by atoms with Crippen LogP contribution in [-0.2, 0) is 6.54 Å². The molecule has 1 aromatic carbocycles. The molecule has 0 bridgehead atoms. The zero-order chi connectivity index (χ0) is 8.81. The maximum Gasteiger partial charge on any atom is 0.0590 e. The first-order valence-corrected chi connectivity index (χ1v) is 4.51. The molecule has 4 N–H and O–H groups in total. The van der Waals surface area contributed by atoms with Gasteiger partial charge in [-0.3, -0.25) is 11.2 Å². The molecule has 0 unspecified atom stereocenters. The summed E-state index contributed by atoms with van der Waals surface area (Å²) in [6.45, 7) is 1.44. The van der Waals surface area contributed by atoms with Gasteiger partial charge in [0.15, 0.2) is 0 Å². The molecule has 0 amide bonds. The first-order chi connectivity index (χ1) is 5.83. The van der Waals surface area contributed by atoms with Crippen molar-refractivity contribution in [2.45, 2.75) is 6.54 Å². The Bertz CT molecular complexity index is 239. The average Bonchev–Trinajstić information content (AvgIpc) is 2.05. The van der Waals surface area contributed by atoms with E-state index in [9.17, 15) is 0 Å². The van der Waals surface area contributed by atoms with Crippen LogP contribution >= 0.6 is 15.9 Å². The number of nitrogens with two attached hydrogens (primary N) is 1. The van der Waals surface area contributed by atoms with E-state index in [1.54, 1.807) is 0 Å². The van der Waals surface area contributed by atoms with Gasteiger partial charge in [-0.15, -0.1) is 0 Å². The van der Waals surface area contributed by atoms with Gasteiger partial charge in [0.1, 0.15) is 0 Å². The predicted octanol–water partition coefficient (Wildman–Crippen LogP) is 0.960. The Labute approximate surface area is 80.4 Å². The van der Waals surface area contributed by atoms with E-state index < -0.39 is 0 Å². The highest BCUT2D eigenvalue weighted by Crippen LogP contribution is 2.10. The summed E-state index contributed by atoms with van der Waals surface area (Å²) in [5.41, 5.74) is 3.77. The topological polar surface area (TPSA) is 50.1 Å². The lowest BCUT2D eigenvalue weighted by molar-refractivity contribution is 0.601. The number of hydrogen-bond acceptors (Lipinski definition) is 3. The van der Waals surface area contributed by atoms with Crippen LogP contribution < -0.4 is 16.6 Å². The van der Waals surface area contributed by atoms with Crippen molar-refractivity contribution in [1.29, 1.82) is 0 Å². The fourth-order valence-corrected chi connectivity index (χ4v) is 1.37. The van der Waals surface area contributed by atoms with Crippen molar-refractivity contribution in [3.63, 3.8) is 0 Å². The predicted molar refractivity (Wildman–Crippen MR) is 53.2 cm³/mol. The fraction of sp³-hybridized carbons (Fsp3) is 0.250. The Morgan fingerprint density at radius 3 is 2.92 bits per heavy atom. The third-order valence-electron chi connectivity index (χ3n) is 1.45. The van der Waals surface area contributed by atoms with Crippen molar-refractivity contribution >= 4 is 15.9 Å². The molecule has 12 heavy (non-hydrogen) atoms. The van der Waals surface area contributed by atoms with Crippen LogP contribution in [-0.4, -0.2) is 6.67 Å². The molecule has 0 atom stereocenters. The van der Waals surface area contributed by atoms with E-state index in [2.05, 4.69) is 38.8 Å². The summed E-state index contributed by atoms with van der Waals surface area (Å²) in [5, 5.41) is 3.12. The molecule has 0 spiro atoms. The normalized spacial score (nSPS) is 10.2. The molecular weight excluding hydrogens is 218 g/mol. The minimum Gasteiger partial charge on any atom is -0.299 e. The lowest BCUT2D eigenvalue weighted by Crippen LogP contribution is -2.33. The van der Waals surface area contributed by atoms with E-state index in [-0.39, 0.29) is 0 Å². The largest absolute Gasteiger partial charge is 0.299 e. The fourth-order valence-electron chi connectivity index (χ4n) is 0.926. The number of nitrogens with one attached hydrogen (secondary N) is 2. The molecule has 1 aromatic rings. The lowest BCUT2D eigenvalue weighted by atomic mass is 10.2. The van der Waals surface area contributed by atoms with E-state index in [0.29, 0.717) is 6.67 Å². The second-order valence-electron chi connectivity index (χ2n) is 2.44. The van der Waals surface area contributed by atoms with Gasteiger partial charge in [-0.1, -0.05) is 28.1 Å². The van der Waals surface area contributed by atoms with Gasteiger partial charge >= 0.3 is 0 Å². The van der Waals surface area contributed by atoms with Crippen LogP contribution in [0.3, 0.4) is 0 Å². The molecule has 0 aliphatic heterocycles. The quantitative estimate of drug-likeness (QED) is 0.312. The van der Waals surface area contributed by atoms with Crippen molar-refractivity contribution in [2.75, 3.05) is 6.67 Å². The van der Waals surface area contributed by atoms with Crippen LogP contribution in [0, 0.1) is 0 Å². The van der Waals surface area contributed by atoms with Crippen LogP contribution in [0.1, 0.15) is 5.56 Å². The Balaban J connectivity index is 2.41. The van der Waals surface area contributed by atoms with E-state index in [0.717, 1.165) is 11.0 Å². The highest BCUT2D eigenvalue weighted by atomic mass is 79.9. The molecular formula is C8H12BrN3. The molecule has 4 heteroatoms. The summed E-state index contributed by atoms with van der Waals surface area (Å²) in [6, 6.07) is 8.15. The minimum absolute atomic E-state index is 0.618. The van der Waals surface area contributed by atoms with Gasteiger partial charge in [0, 0.05) is 11.0 Å². The second-order valence-corrected chi connectivity index (χ2v) is 3.35. The number of hydrogen-bond donors (Lipinski definition) is 3. The van der Waals surface area contributed by atoms with Gasteiger partial charge in [0.2, 0.25) is 0 Å². The van der Waals surface area contributed by atoms with Crippen LogP contribution in [0.5, 0.6) is 0 Å². The molecule has 0 fully saturated rings. The van der Waals surface area contributed by atoms with Gasteiger partial charge in [0.25, 0.3) is 0 Å². The van der Waals surface area contributed by atoms with Crippen LogP contribution in [0.15, 0.2) is 28.7 Å². The highest BCUT2D eigenvalue weighted by Gasteiger charge is 1.91. The molecule has 0 heterocycles. The Morgan fingerprint density at radius 1 is 1.42 bits per heavy atom. The zero-order valence-electron chi connectivity index (χ0n) is 6.68. The van der Waals surface area contributed by atoms with Gasteiger partial charge in [-0.05, 0) is 17.7 Å². The first kappa shape index (κ1) is 9.67.